The van der Waals surface area contributed by atoms with Crippen molar-refractivity contribution >= 4 is 23.0 Å². The van der Waals surface area contributed by atoms with Crippen LogP contribution in [0.5, 0.6) is 0 Å². The first kappa shape index (κ1) is 24.2. The van der Waals surface area contributed by atoms with E-state index in [0.717, 1.165) is 50.1 Å². The number of carbonyl (C=O) groups is 1. The molecule has 10 heteroatoms. The number of fused-ring (bicyclic) bond motifs is 3. The Hall–Kier alpha value is -3.92. The van der Waals surface area contributed by atoms with Crippen molar-refractivity contribution in [3.05, 3.63) is 99.9 Å². The Bertz CT molecular complexity index is 1210. The Kier molecular flexibility index (Phi) is 7.31. The summed E-state index contributed by atoms with van der Waals surface area (Å²) in [6.45, 7) is 3.37. The zero-order valence-electron chi connectivity index (χ0n) is 18.7. The summed E-state index contributed by atoms with van der Waals surface area (Å²) < 4.78 is 38.9. The van der Waals surface area contributed by atoms with Crippen LogP contribution in [0.25, 0.3) is 0 Å². The average molecular weight is 484 g/mol. The molecule has 0 saturated carbocycles. The number of carbonyl (C=O) groups excluding carboxylic acids is 1. The largest absolute Gasteiger partial charge is 0.364 e. The minimum Gasteiger partial charge on any atom is -0.364 e. The summed E-state index contributed by atoms with van der Waals surface area (Å²) in [6.07, 6.45) is 0.388. The third kappa shape index (κ3) is 5.60. The van der Waals surface area contributed by atoms with E-state index >= 15 is 0 Å². The fraction of sp³-hybridized carbons (Fsp3) is 0.240. The summed E-state index contributed by atoms with van der Waals surface area (Å²) in [5, 5.41) is 12.7. The van der Waals surface area contributed by atoms with E-state index in [-0.39, 0.29) is 17.8 Å². The average Bonchev–Trinajstić information content (AvgIpc) is 2.96. The lowest BCUT2D eigenvalue weighted by Crippen LogP contribution is -2.53. The molecule has 1 saturated heterocycles. The number of nitro benzene ring substituents is 1. The third-order valence-electron chi connectivity index (χ3n) is 5.92. The number of halogens is 3. The molecule has 2 heterocycles. The molecule has 1 N–H and O–H groups in total. The Morgan fingerprint density at radius 3 is 2.23 bits per heavy atom. The van der Waals surface area contributed by atoms with Gasteiger partial charge in [0.2, 0.25) is 17.5 Å². The van der Waals surface area contributed by atoms with E-state index in [4.69, 9.17) is 0 Å². The maximum atomic E-state index is 14.1. The van der Waals surface area contributed by atoms with Crippen LogP contribution in [0.3, 0.4) is 0 Å². The number of para-hydroxylation sites is 2. The Morgan fingerprint density at radius 2 is 1.57 bits per heavy atom. The lowest BCUT2D eigenvalue weighted by atomic mass is 10.1. The van der Waals surface area contributed by atoms with Crippen LogP contribution in [-0.2, 0) is 11.3 Å². The highest BCUT2D eigenvalue weighted by Gasteiger charge is 2.33. The van der Waals surface area contributed by atoms with Crippen LogP contribution < -0.4 is 10.2 Å². The quantitative estimate of drug-likeness (QED) is 0.430. The van der Waals surface area contributed by atoms with Gasteiger partial charge in [0.05, 0.1) is 16.7 Å². The van der Waals surface area contributed by atoms with Crippen LogP contribution >= 0.6 is 0 Å². The van der Waals surface area contributed by atoms with Gasteiger partial charge < -0.3 is 10.2 Å². The van der Waals surface area contributed by atoms with Gasteiger partial charge in [0.15, 0.2) is 0 Å². The van der Waals surface area contributed by atoms with E-state index in [9.17, 15) is 28.1 Å². The molecule has 7 nitrogen and oxygen atoms in total. The van der Waals surface area contributed by atoms with Crippen molar-refractivity contribution in [2.45, 2.75) is 19.0 Å². The number of amides is 1. The SMILES string of the molecule is O=C1CC2CN(Cc3ccccc3)CCN2c2cccc(F)c2N1.O=[N+]([O-])c1c(F)cccc1F. The number of hydrogen-bond acceptors (Lipinski definition) is 5. The summed E-state index contributed by atoms with van der Waals surface area (Å²) in [5.74, 6) is -2.80. The van der Waals surface area contributed by atoms with Gasteiger partial charge in [-0.2, -0.15) is 8.78 Å². The topological polar surface area (TPSA) is 78.7 Å². The zero-order chi connectivity index (χ0) is 24.9. The van der Waals surface area contributed by atoms with Crippen LogP contribution in [0.15, 0.2) is 66.7 Å². The van der Waals surface area contributed by atoms with Crippen LogP contribution in [0, 0.1) is 27.6 Å². The van der Waals surface area contributed by atoms with Crippen molar-refractivity contribution in [3.8, 4) is 0 Å². The summed E-state index contributed by atoms with van der Waals surface area (Å²) in [5.41, 5.74) is 1.29. The van der Waals surface area contributed by atoms with Crippen LogP contribution in [0.4, 0.5) is 30.2 Å². The first-order valence-corrected chi connectivity index (χ1v) is 11.0. The number of nitrogens with one attached hydrogen (secondary N) is 1. The van der Waals surface area contributed by atoms with Crippen LogP contribution in [-0.4, -0.2) is 41.4 Å². The monoisotopic (exact) mass is 484 g/mol. The molecule has 0 radical (unpaired) electrons. The van der Waals surface area contributed by atoms with Gasteiger partial charge in [-0.3, -0.25) is 19.8 Å². The molecule has 0 aliphatic carbocycles. The lowest BCUT2D eigenvalue weighted by molar-refractivity contribution is -0.390. The Labute approximate surface area is 199 Å². The molecule has 1 amide bonds. The molecule has 2 aliphatic heterocycles. The number of nitro groups is 1. The minimum absolute atomic E-state index is 0.0745. The molecule has 3 aromatic carbocycles. The lowest BCUT2D eigenvalue weighted by Gasteiger charge is -2.42. The van der Waals surface area contributed by atoms with Crippen molar-refractivity contribution in [1.82, 2.24) is 4.90 Å². The van der Waals surface area contributed by atoms with Gasteiger partial charge in [0, 0.05) is 32.6 Å². The molecule has 182 valence electrons. The smallest absolute Gasteiger partial charge is 0.340 e. The molecule has 3 aromatic rings. The van der Waals surface area contributed by atoms with Gasteiger partial charge in [0.1, 0.15) is 11.5 Å². The summed E-state index contributed by atoms with van der Waals surface area (Å²) in [7, 11) is 0. The molecule has 1 unspecified atom stereocenters. The van der Waals surface area contributed by atoms with E-state index < -0.39 is 22.2 Å². The van der Waals surface area contributed by atoms with Crippen LogP contribution in [0.1, 0.15) is 12.0 Å². The maximum absolute atomic E-state index is 14.1. The highest BCUT2D eigenvalue weighted by molar-refractivity contribution is 5.97. The molecular weight excluding hydrogens is 461 g/mol. The normalized spacial score (nSPS) is 17.3. The number of anilines is 2. The standard InChI is InChI=1S/C19H20FN3O.C6H3F2NO2/c20-16-7-4-8-17-19(16)21-18(24)11-15-13-22(9-10-23(15)17)12-14-5-2-1-3-6-14;7-4-2-1-3-5(8)6(4)9(10)11/h1-8,15H,9-13H2,(H,21,24);1-3H. The van der Waals surface area contributed by atoms with E-state index in [1.54, 1.807) is 6.07 Å². The molecule has 5 rings (SSSR count). The molecule has 1 atom stereocenters. The summed E-state index contributed by atoms with van der Waals surface area (Å²) in [6, 6.07) is 18.2. The fourth-order valence-corrected chi connectivity index (χ4v) is 4.34. The Morgan fingerprint density at radius 1 is 0.914 bits per heavy atom. The zero-order valence-corrected chi connectivity index (χ0v) is 18.7. The van der Waals surface area contributed by atoms with Gasteiger partial charge in [-0.15, -0.1) is 0 Å². The number of rotatable bonds is 3. The molecule has 2 aliphatic rings. The van der Waals surface area contributed by atoms with Gasteiger partial charge in [-0.25, -0.2) is 4.39 Å². The highest BCUT2D eigenvalue weighted by Crippen LogP contribution is 2.35. The van der Waals surface area contributed by atoms with Crippen molar-refractivity contribution in [1.29, 1.82) is 0 Å². The van der Waals surface area contributed by atoms with E-state index in [0.29, 0.717) is 12.1 Å². The van der Waals surface area contributed by atoms with Crippen molar-refractivity contribution < 1.29 is 22.9 Å². The van der Waals surface area contributed by atoms with Crippen molar-refractivity contribution in [2.24, 2.45) is 0 Å². The highest BCUT2D eigenvalue weighted by atomic mass is 19.1. The van der Waals surface area contributed by atoms with Gasteiger partial charge in [-0.1, -0.05) is 42.5 Å². The predicted octanol–water partition coefficient (Wildman–Crippen LogP) is 4.73. The van der Waals surface area contributed by atoms with Crippen molar-refractivity contribution in [2.75, 3.05) is 29.9 Å². The van der Waals surface area contributed by atoms with Crippen LogP contribution in [0.2, 0.25) is 0 Å². The second-order valence-electron chi connectivity index (χ2n) is 8.28. The van der Waals surface area contributed by atoms with E-state index in [1.165, 1.54) is 11.6 Å². The number of piperazine rings is 1. The minimum atomic E-state index is -1.16. The number of nitrogens with zero attached hydrogens (tertiary/aromatic N) is 3. The maximum Gasteiger partial charge on any atom is 0.340 e. The van der Waals surface area contributed by atoms with E-state index in [2.05, 4.69) is 27.2 Å². The summed E-state index contributed by atoms with van der Waals surface area (Å²) in [4.78, 5) is 25.6. The first-order valence-electron chi connectivity index (χ1n) is 11.0. The van der Waals surface area contributed by atoms with Crippen molar-refractivity contribution in [3.63, 3.8) is 0 Å². The van der Waals surface area contributed by atoms with Gasteiger partial charge >= 0.3 is 5.69 Å². The molecule has 1 fully saturated rings. The molecular formula is C25H23F3N4O3. The second kappa shape index (κ2) is 10.6. The van der Waals surface area contributed by atoms with Gasteiger partial charge in [0.25, 0.3) is 0 Å². The number of benzene rings is 3. The number of hydrogen-bond donors (Lipinski definition) is 1. The molecule has 0 bridgehead atoms. The molecule has 35 heavy (non-hydrogen) atoms. The molecule has 0 aromatic heterocycles. The summed E-state index contributed by atoms with van der Waals surface area (Å²) >= 11 is 0. The molecule has 0 spiro atoms. The Balaban J connectivity index is 0.000000221. The predicted molar refractivity (Wildman–Crippen MR) is 126 cm³/mol. The fourth-order valence-electron chi connectivity index (χ4n) is 4.34. The second-order valence-corrected chi connectivity index (χ2v) is 8.28. The van der Waals surface area contributed by atoms with Gasteiger partial charge in [-0.05, 0) is 29.8 Å². The van der Waals surface area contributed by atoms with E-state index in [1.807, 2.05) is 24.3 Å². The third-order valence-corrected chi connectivity index (χ3v) is 5.92. The first-order chi connectivity index (χ1) is 16.8.